The third-order valence-corrected chi connectivity index (χ3v) is 2.83. The fourth-order valence-electron chi connectivity index (χ4n) is 1.76. The fraction of sp³-hybridized carbons (Fsp3) is 0.143. The largest absolute Gasteiger partial charge is 0.326 e. The molecule has 0 aliphatic rings. The normalized spacial score (nSPS) is 10.7. The SMILES string of the molecule is Cc1ccc(-c2cc(CN)ccc2F)c(F)c1F. The van der Waals surface area contributed by atoms with Gasteiger partial charge in [0.1, 0.15) is 5.82 Å². The lowest BCUT2D eigenvalue weighted by Gasteiger charge is -2.09. The molecule has 0 atom stereocenters. The number of benzene rings is 2. The molecule has 1 nitrogen and oxygen atoms in total. The first kappa shape index (κ1) is 12.6. The predicted molar refractivity (Wildman–Crippen MR) is 64.4 cm³/mol. The van der Waals surface area contributed by atoms with Crippen LogP contribution in [0.15, 0.2) is 30.3 Å². The molecule has 0 fully saturated rings. The van der Waals surface area contributed by atoms with E-state index in [0.29, 0.717) is 5.56 Å². The minimum absolute atomic E-state index is 0.0225. The Morgan fingerprint density at radius 1 is 0.944 bits per heavy atom. The minimum atomic E-state index is -1.04. The van der Waals surface area contributed by atoms with Crippen molar-refractivity contribution in [3.8, 4) is 11.1 Å². The van der Waals surface area contributed by atoms with Crippen molar-refractivity contribution in [2.75, 3.05) is 0 Å². The maximum absolute atomic E-state index is 13.8. The zero-order valence-corrected chi connectivity index (χ0v) is 9.81. The van der Waals surface area contributed by atoms with E-state index in [0.717, 1.165) is 0 Å². The minimum Gasteiger partial charge on any atom is -0.326 e. The van der Waals surface area contributed by atoms with Crippen LogP contribution >= 0.6 is 0 Å². The molecule has 0 aliphatic heterocycles. The standard InChI is InChI=1S/C14H12F3N/c1-8-2-4-10(14(17)13(8)16)11-6-9(7-18)3-5-12(11)15/h2-6H,7,18H2,1H3. The van der Waals surface area contributed by atoms with E-state index in [1.165, 1.54) is 37.3 Å². The number of aryl methyl sites for hydroxylation is 1. The molecule has 2 N–H and O–H groups in total. The molecule has 0 bridgehead atoms. The Bertz CT molecular complexity index is 594. The van der Waals surface area contributed by atoms with Gasteiger partial charge in [0.25, 0.3) is 0 Å². The number of hydrogen-bond acceptors (Lipinski definition) is 1. The summed E-state index contributed by atoms with van der Waals surface area (Å²) in [6.07, 6.45) is 0. The Morgan fingerprint density at radius 2 is 1.67 bits per heavy atom. The van der Waals surface area contributed by atoms with Gasteiger partial charge in [-0.05, 0) is 30.2 Å². The molecule has 18 heavy (non-hydrogen) atoms. The van der Waals surface area contributed by atoms with Crippen LogP contribution in [-0.2, 0) is 6.54 Å². The van der Waals surface area contributed by atoms with Crippen LogP contribution in [0.4, 0.5) is 13.2 Å². The summed E-state index contributed by atoms with van der Waals surface area (Å²) in [6, 6.07) is 6.94. The van der Waals surface area contributed by atoms with Gasteiger partial charge in [-0.3, -0.25) is 0 Å². The van der Waals surface area contributed by atoms with Crippen LogP contribution in [-0.4, -0.2) is 0 Å². The van der Waals surface area contributed by atoms with E-state index in [1.807, 2.05) is 0 Å². The van der Waals surface area contributed by atoms with Crippen LogP contribution < -0.4 is 5.73 Å². The summed E-state index contributed by atoms with van der Waals surface area (Å²) in [5.41, 5.74) is 6.23. The Balaban J connectivity index is 2.65. The molecule has 0 saturated heterocycles. The molecule has 0 radical (unpaired) electrons. The van der Waals surface area contributed by atoms with Crippen molar-refractivity contribution in [1.29, 1.82) is 0 Å². The number of hydrogen-bond donors (Lipinski definition) is 1. The van der Waals surface area contributed by atoms with Crippen LogP contribution in [0.3, 0.4) is 0 Å². The quantitative estimate of drug-likeness (QED) is 0.868. The highest BCUT2D eigenvalue weighted by molar-refractivity contribution is 5.66. The smallest absolute Gasteiger partial charge is 0.167 e. The van der Waals surface area contributed by atoms with Crippen molar-refractivity contribution in [2.24, 2.45) is 5.73 Å². The van der Waals surface area contributed by atoms with Gasteiger partial charge in [0.05, 0.1) is 0 Å². The first-order valence-corrected chi connectivity index (χ1v) is 5.48. The highest BCUT2D eigenvalue weighted by Gasteiger charge is 2.15. The van der Waals surface area contributed by atoms with Gasteiger partial charge in [0, 0.05) is 17.7 Å². The van der Waals surface area contributed by atoms with Crippen molar-refractivity contribution in [3.05, 3.63) is 58.9 Å². The molecule has 2 aromatic rings. The van der Waals surface area contributed by atoms with Crippen LogP contribution in [0, 0.1) is 24.4 Å². The van der Waals surface area contributed by atoms with Gasteiger partial charge in [0.15, 0.2) is 11.6 Å². The predicted octanol–water partition coefficient (Wildman–Crippen LogP) is 3.54. The van der Waals surface area contributed by atoms with E-state index in [2.05, 4.69) is 0 Å². The number of nitrogens with two attached hydrogens (primary N) is 1. The van der Waals surface area contributed by atoms with E-state index in [9.17, 15) is 13.2 Å². The molecule has 94 valence electrons. The Hall–Kier alpha value is -1.81. The van der Waals surface area contributed by atoms with E-state index < -0.39 is 17.5 Å². The average Bonchev–Trinajstić information content (AvgIpc) is 2.37. The molecule has 0 heterocycles. The maximum Gasteiger partial charge on any atom is 0.167 e. The van der Waals surface area contributed by atoms with E-state index in [1.54, 1.807) is 0 Å². The highest BCUT2D eigenvalue weighted by Crippen LogP contribution is 2.29. The molecular formula is C14H12F3N. The lowest BCUT2D eigenvalue weighted by Crippen LogP contribution is -1.99. The van der Waals surface area contributed by atoms with Crippen molar-refractivity contribution in [1.82, 2.24) is 0 Å². The molecule has 0 unspecified atom stereocenters. The van der Waals surface area contributed by atoms with Crippen molar-refractivity contribution in [2.45, 2.75) is 13.5 Å². The first-order valence-electron chi connectivity index (χ1n) is 5.48. The molecule has 2 aromatic carbocycles. The molecule has 0 aromatic heterocycles. The molecule has 4 heteroatoms. The number of rotatable bonds is 2. The average molecular weight is 251 g/mol. The summed E-state index contributed by atoms with van der Waals surface area (Å²) in [6.45, 7) is 1.66. The van der Waals surface area contributed by atoms with Gasteiger partial charge in [-0.15, -0.1) is 0 Å². The van der Waals surface area contributed by atoms with Gasteiger partial charge < -0.3 is 5.73 Å². The first-order chi connectivity index (χ1) is 8.54. The zero-order chi connectivity index (χ0) is 13.3. The Kier molecular flexibility index (Phi) is 3.39. The van der Waals surface area contributed by atoms with Gasteiger partial charge in [-0.1, -0.05) is 18.2 Å². The summed E-state index contributed by atoms with van der Waals surface area (Å²) >= 11 is 0. The van der Waals surface area contributed by atoms with E-state index >= 15 is 0 Å². The van der Waals surface area contributed by atoms with Crippen LogP contribution in [0.2, 0.25) is 0 Å². The summed E-state index contributed by atoms with van der Waals surface area (Å²) in [5.74, 6) is -2.59. The molecule has 2 rings (SSSR count). The second kappa shape index (κ2) is 4.82. The molecular weight excluding hydrogens is 239 g/mol. The van der Waals surface area contributed by atoms with Crippen molar-refractivity contribution >= 4 is 0 Å². The summed E-state index contributed by atoms with van der Waals surface area (Å²) in [4.78, 5) is 0. The summed E-state index contributed by atoms with van der Waals surface area (Å²) in [5, 5.41) is 0. The zero-order valence-electron chi connectivity index (χ0n) is 9.81. The third kappa shape index (κ3) is 2.11. The Morgan fingerprint density at radius 3 is 2.33 bits per heavy atom. The molecule has 0 saturated carbocycles. The topological polar surface area (TPSA) is 26.0 Å². The lowest BCUT2D eigenvalue weighted by molar-refractivity contribution is 0.504. The molecule has 0 amide bonds. The van der Waals surface area contributed by atoms with Gasteiger partial charge in [-0.2, -0.15) is 0 Å². The van der Waals surface area contributed by atoms with Crippen LogP contribution in [0.25, 0.3) is 11.1 Å². The summed E-state index contributed by atoms with van der Waals surface area (Å²) in [7, 11) is 0. The van der Waals surface area contributed by atoms with Crippen molar-refractivity contribution < 1.29 is 13.2 Å². The van der Waals surface area contributed by atoms with E-state index in [-0.39, 0.29) is 23.2 Å². The number of halogens is 3. The lowest BCUT2D eigenvalue weighted by atomic mass is 10.0. The fourth-order valence-corrected chi connectivity index (χ4v) is 1.76. The maximum atomic E-state index is 13.8. The molecule has 0 aliphatic carbocycles. The van der Waals surface area contributed by atoms with Gasteiger partial charge in [0.2, 0.25) is 0 Å². The second-order valence-electron chi connectivity index (χ2n) is 4.08. The van der Waals surface area contributed by atoms with Gasteiger partial charge >= 0.3 is 0 Å². The Labute approximate surface area is 103 Å². The monoisotopic (exact) mass is 251 g/mol. The van der Waals surface area contributed by atoms with E-state index in [4.69, 9.17) is 5.73 Å². The van der Waals surface area contributed by atoms with Crippen molar-refractivity contribution in [3.63, 3.8) is 0 Å². The summed E-state index contributed by atoms with van der Waals surface area (Å²) < 4.78 is 40.9. The van der Waals surface area contributed by atoms with Gasteiger partial charge in [-0.25, -0.2) is 13.2 Å². The highest BCUT2D eigenvalue weighted by atomic mass is 19.2. The van der Waals surface area contributed by atoms with Crippen LogP contribution in [0.5, 0.6) is 0 Å². The second-order valence-corrected chi connectivity index (χ2v) is 4.08. The molecule has 0 spiro atoms. The van der Waals surface area contributed by atoms with Crippen LogP contribution in [0.1, 0.15) is 11.1 Å². The third-order valence-electron chi connectivity index (χ3n) is 2.83.